The number of carbonyl (C=O) groups is 1. The number of nitrogens with one attached hydrogen (secondary N) is 2. The minimum Gasteiger partial charge on any atom is -0.361 e. The van der Waals surface area contributed by atoms with E-state index in [9.17, 15) is 14.9 Å². The van der Waals surface area contributed by atoms with E-state index < -0.39 is 20.8 Å². The summed E-state index contributed by atoms with van der Waals surface area (Å²) in [5.41, 5.74) is -0.100. The fourth-order valence-corrected chi connectivity index (χ4v) is 2.48. The second kappa shape index (κ2) is 8.10. The predicted molar refractivity (Wildman–Crippen MR) is 99.7 cm³/mol. The Morgan fingerprint density at radius 2 is 1.68 bits per heavy atom. The fraction of sp³-hybridized carbons (Fsp3) is 0.133. The molecule has 0 spiro atoms. The molecule has 6 nitrogen and oxygen atoms in total. The van der Waals surface area contributed by atoms with Crippen LogP contribution in [0.2, 0.25) is 5.02 Å². The summed E-state index contributed by atoms with van der Waals surface area (Å²) in [6, 6.07) is 12.1. The lowest BCUT2D eigenvalue weighted by molar-refractivity contribution is -0.385. The first-order chi connectivity index (χ1) is 11.7. The van der Waals surface area contributed by atoms with Gasteiger partial charge in [-0.15, -0.1) is 0 Å². The minimum absolute atomic E-state index is 0.160. The molecule has 10 heteroatoms. The molecule has 0 heterocycles. The highest BCUT2D eigenvalue weighted by Gasteiger charge is 2.35. The van der Waals surface area contributed by atoms with Crippen molar-refractivity contribution in [2.75, 3.05) is 5.32 Å². The van der Waals surface area contributed by atoms with Crippen LogP contribution in [0.15, 0.2) is 48.5 Å². The molecule has 0 aliphatic rings. The summed E-state index contributed by atoms with van der Waals surface area (Å²) in [5.74, 6) is -0.775. The van der Waals surface area contributed by atoms with Crippen molar-refractivity contribution >= 4 is 63.7 Å². The van der Waals surface area contributed by atoms with E-state index in [1.807, 2.05) is 0 Å². The van der Waals surface area contributed by atoms with E-state index in [1.54, 1.807) is 24.3 Å². The number of hydrogen-bond donors (Lipinski definition) is 2. The van der Waals surface area contributed by atoms with Crippen molar-refractivity contribution in [2.45, 2.75) is 9.96 Å². The molecule has 1 amide bonds. The minimum atomic E-state index is -1.95. The lowest BCUT2D eigenvalue weighted by Gasteiger charge is -2.27. The van der Waals surface area contributed by atoms with E-state index in [-0.39, 0.29) is 11.3 Å². The van der Waals surface area contributed by atoms with Crippen molar-refractivity contribution in [3.8, 4) is 0 Å². The van der Waals surface area contributed by atoms with Crippen LogP contribution in [0.3, 0.4) is 0 Å². The number of carbonyl (C=O) groups excluding carboxylic acids is 1. The monoisotopic (exact) mass is 421 g/mol. The summed E-state index contributed by atoms with van der Waals surface area (Å²) in [4.78, 5) is 22.8. The molecule has 0 aliphatic carbocycles. The topological polar surface area (TPSA) is 84.3 Å². The van der Waals surface area contributed by atoms with Gasteiger partial charge in [0.15, 0.2) is 0 Å². The summed E-state index contributed by atoms with van der Waals surface area (Å²) in [5, 5.41) is 16.6. The molecule has 1 atom stereocenters. The number of nitro benzene ring substituents is 1. The summed E-state index contributed by atoms with van der Waals surface area (Å²) < 4.78 is -1.95. The molecule has 0 aliphatic heterocycles. The zero-order chi connectivity index (χ0) is 18.6. The van der Waals surface area contributed by atoms with Crippen LogP contribution in [0.25, 0.3) is 0 Å². The van der Waals surface area contributed by atoms with E-state index in [4.69, 9.17) is 46.4 Å². The molecule has 25 heavy (non-hydrogen) atoms. The van der Waals surface area contributed by atoms with Crippen LogP contribution in [-0.4, -0.2) is 20.8 Å². The number of rotatable bonds is 5. The fourth-order valence-electron chi connectivity index (χ4n) is 1.97. The zero-order valence-corrected chi connectivity index (χ0v) is 15.4. The van der Waals surface area contributed by atoms with Gasteiger partial charge in [-0.3, -0.25) is 14.9 Å². The number of halogens is 4. The van der Waals surface area contributed by atoms with Gasteiger partial charge in [-0.05, 0) is 18.2 Å². The molecule has 0 radical (unpaired) electrons. The third kappa shape index (κ3) is 5.12. The van der Waals surface area contributed by atoms with E-state index in [0.29, 0.717) is 10.7 Å². The Kier molecular flexibility index (Phi) is 6.35. The molecule has 0 unspecified atom stereocenters. The van der Waals surface area contributed by atoms with E-state index >= 15 is 0 Å². The van der Waals surface area contributed by atoms with Crippen molar-refractivity contribution in [1.82, 2.24) is 5.32 Å². The number of para-hydroxylation sites is 2. The van der Waals surface area contributed by atoms with Crippen LogP contribution in [-0.2, 0) is 0 Å². The highest BCUT2D eigenvalue weighted by molar-refractivity contribution is 6.68. The first-order valence-corrected chi connectivity index (χ1v) is 8.33. The highest BCUT2D eigenvalue weighted by atomic mass is 35.6. The Morgan fingerprint density at radius 1 is 1.08 bits per heavy atom. The van der Waals surface area contributed by atoms with Crippen LogP contribution in [0.5, 0.6) is 0 Å². The molecule has 2 N–H and O–H groups in total. The lowest BCUT2D eigenvalue weighted by Crippen LogP contribution is -2.49. The number of hydrogen-bond acceptors (Lipinski definition) is 4. The molecule has 2 rings (SSSR count). The number of amides is 1. The van der Waals surface area contributed by atoms with Crippen molar-refractivity contribution in [3.63, 3.8) is 0 Å². The van der Waals surface area contributed by atoms with Gasteiger partial charge < -0.3 is 10.6 Å². The smallest absolute Gasteiger partial charge is 0.282 e. The second-order valence-corrected chi connectivity index (χ2v) is 7.62. The van der Waals surface area contributed by atoms with Gasteiger partial charge in [0.05, 0.1) is 15.6 Å². The maximum Gasteiger partial charge on any atom is 0.282 e. The molecule has 2 aromatic carbocycles. The van der Waals surface area contributed by atoms with Crippen molar-refractivity contribution < 1.29 is 9.72 Å². The standard InChI is InChI=1S/C15H11Cl4N3O3/c16-10-6-2-3-7-11(10)20-14(15(17,18)19)21-13(23)9-5-1-4-8-12(9)22(24)25/h1-8,14,20H,(H,21,23)/t14-/m0/s1. The summed E-state index contributed by atoms with van der Waals surface area (Å²) in [6.45, 7) is 0. The highest BCUT2D eigenvalue weighted by Crippen LogP contribution is 2.33. The number of anilines is 1. The van der Waals surface area contributed by atoms with Crippen molar-refractivity contribution in [3.05, 3.63) is 69.2 Å². The molecule has 0 fully saturated rings. The van der Waals surface area contributed by atoms with Gasteiger partial charge in [0.25, 0.3) is 11.6 Å². The Morgan fingerprint density at radius 3 is 2.28 bits per heavy atom. The van der Waals surface area contributed by atoms with Crippen LogP contribution in [0, 0.1) is 10.1 Å². The average molecular weight is 423 g/mol. The number of nitro groups is 1. The second-order valence-electron chi connectivity index (χ2n) is 4.85. The summed E-state index contributed by atoms with van der Waals surface area (Å²) in [7, 11) is 0. The Labute approximate surface area is 163 Å². The normalized spacial score (nSPS) is 12.3. The van der Waals surface area contributed by atoms with Gasteiger partial charge in [0.1, 0.15) is 11.7 Å². The SMILES string of the molecule is O=C(N[C@H](Nc1ccccc1Cl)C(Cl)(Cl)Cl)c1ccccc1[N+](=O)[O-]. The first kappa shape index (κ1) is 19.6. The van der Waals surface area contributed by atoms with E-state index in [2.05, 4.69) is 10.6 Å². The third-order valence-corrected chi connectivity index (χ3v) is 4.11. The predicted octanol–water partition coefficient (Wildman–Crippen LogP) is 4.79. The van der Waals surface area contributed by atoms with Gasteiger partial charge in [-0.1, -0.05) is 70.7 Å². The van der Waals surface area contributed by atoms with Crippen LogP contribution in [0.4, 0.5) is 11.4 Å². The van der Waals surface area contributed by atoms with Crippen LogP contribution < -0.4 is 10.6 Å². The summed E-state index contributed by atoms with van der Waals surface area (Å²) in [6.07, 6.45) is -1.19. The molecule has 132 valence electrons. The Balaban J connectivity index is 2.28. The lowest BCUT2D eigenvalue weighted by atomic mass is 10.1. The molecular weight excluding hydrogens is 412 g/mol. The van der Waals surface area contributed by atoms with E-state index in [1.165, 1.54) is 24.3 Å². The first-order valence-electron chi connectivity index (χ1n) is 6.82. The molecule has 2 aromatic rings. The van der Waals surface area contributed by atoms with Gasteiger partial charge in [0, 0.05) is 6.07 Å². The van der Waals surface area contributed by atoms with Gasteiger partial charge in [-0.2, -0.15) is 0 Å². The molecular formula is C15H11Cl4N3O3. The number of nitrogens with zero attached hydrogens (tertiary/aromatic N) is 1. The zero-order valence-electron chi connectivity index (χ0n) is 12.4. The maximum atomic E-state index is 12.4. The van der Waals surface area contributed by atoms with Crippen LogP contribution >= 0.6 is 46.4 Å². The quantitative estimate of drug-likeness (QED) is 0.314. The number of alkyl halides is 3. The molecule has 0 aromatic heterocycles. The molecule has 0 saturated carbocycles. The van der Waals surface area contributed by atoms with Gasteiger partial charge >= 0.3 is 0 Å². The van der Waals surface area contributed by atoms with Crippen molar-refractivity contribution in [2.24, 2.45) is 0 Å². The maximum absolute atomic E-state index is 12.4. The van der Waals surface area contributed by atoms with Gasteiger partial charge in [0.2, 0.25) is 3.79 Å². The van der Waals surface area contributed by atoms with Gasteiger partial charge in [-0.25, -0.2) is 0 Å². The Bertz CT molecular complexity index is 796. The average Bonchev–Trinajstić information content (AvgIpc) is 2.55. The molecule has 0 saturated heterocycles. The van der Waals surface area contributed by atoms with Crippen molar-refractivity contribution in [1.29, 1.82) is 0 Å². The Hall–Kier alpha value is -1.73. The largest absolute Gasteiger partial charge is 0.361 e. The van der Waals surface area contributed by atoms with Crippen LogP contribution in [0.1, 0.15) is 10.4 Å². The molecule has 0 bridgehead atoms. The van der Waals surface area contributed by atoms with E-state index in [0.717, 1.165) is 0 Å². The number of benzene rings is 2. The third-order valence-electron chi connectivity index (χ3n) is 3.12. The summed E-state index contributed by atoms with van der Waals surface area (Å²) >= 11 is 23.8.